The molecule has 22 heavy (non-hydrogen) atoms. The molecule has 0 aromatic heterocycles. The molecule has 0 aromatic rings. The van der Waals surface area contributed by atoms with Crippen LogP contribution in [0.4, 0.5) is 0 Å². The van der Waals surface area contributed by atoms with Gasteiger partial charge >= 0.3 is 21.2 Å². The zero-order chi connectivity index (χ0) is 17.7. The van der Waals surface area contributed by atoms with E-state index in [1.807, 2.05) is 0 Å². The average molecular weight is 359 g/mol. The Morgan fingerprint density at radius 3 is 1.59 bits per heavy atom. The number of hydrogen-bond donors (Lipinski definition) is 6. The van der Waals surface area contributed by atoms with E-state index in [-0.39, 0.29) is 0 Å². The van der Waals surface area contributed by atoms with E-state index in [2.05, 4.69) is 13.2 Å². The molecular formula is C10H19NO9P2. The van der Waals surface area contributed by atoms with Crippen molar-refractivity contribution in [3.63, 3.8) is 0 Å². The third kappa shape index (κ3) is 5.42. The number of aliphatic hydroxyl groups excluding tert-OH is 1. The molecule has 0 spiro atoms. The molecule has 3 unspecified atom stereocenters. The lowest BCUT2D eigenvalue weighted by Crippen LogP contribution is -2.51. The van der Waals surface area contributed by atoms with Gasteiger partial charge in [0.05, 0.1) is 0 Å². The molecule has 0 aliphatic heterocycles. The summed E-state index contributed by atoms with van der Waals surface area (Å²) >= 11 is 0. The van der Waals surface area contributed by atoms with Crippen LogP contribution in [0.1, 0.15) is 6.42 Å². The molecule has 0 heterocycles. The predicted octanol–water partition coefficient (Wildman–Crippen LogP) is -0.496. The normalized spacial score (nSPS) is 16.8. The van der Waals surface area contributed by atoms with E-state index < -0.39 is 51.8 Å². The van der Waals surface area contributed by atoms with Crippen molar-refractivity contribution in [2.75, 3.05) is 6.61 Å². The van der Waals surface area contributed by atoms with Crippen molar-refractivity contribution in [3.8, 4) is 0 Å². The maximum atomic E-state index is 11.5. The lowest BCUT2D eigenvalue weighted by molar-refractivity contribution is -0.144. The fourth-order valence-electron chi connectivity index (χ4n) is 1.91. The van der Waals surface area contributed by atoms with Gasteiger partial charge in [-0.25, -0.2) is 0 Å². The zero-order valence-corrected chi connectivity index (χ0v) is 13.3. The van der Waals surface area contributed by atoms with Crippen molar-refractivity contribution in [1.29, 1.82) is 0 Å². The second-order valence-electron chi connectivity index (χ2n) is 4.29. The third-order valence-corrected chi connectivity index (χ3v) is 5.10. The summed E-state index contributed by atoms with van der Waals surface area (Å²) in [6.45, 7) is 5.67. The van der Waals surface area contributed by atoms with Gasteiger partial charge in [0.2, 0.25) is 0 Å². The van der Waals surface area contributed by atoms with Gasteiger partial charge in [-0.1, -0.05) is 12.2 Å². The highest BCUT2D eigenvalue weighted by atomic mass is 31.2. The number of carboxylic acid groups (broad SMARTS) is 1. The summed E-state index contributed by atoms with van der Waals surface area (Å²) < 4.78 is 23.0. The van der Waals surface area contributed by atoms with Crippen molar-refractivity contribution in [3.05, 3.63) is 25.3 Å². The lowest BCUT2D eigenvalue weighted by Gasteiger charge is -2.38. The standard InChI is InChI=1S/C10H19NO9P2/c1-3-8(21(15,16)17)11(7(5-6-12)10(13)14)9(4-2)22(18,19)20/h3-4,7-9,12H,1-2,5-6H2,(H,13,14)(H2,15,16,17)(H2,18,19,20). The smallest absolute Gasteiger partial charge is 0.346 e. The van der Waals surface area contributed by atoms with Gasteiger partial charge in [0, 0.05) is 6.61 Å². The van der Waals surface area contributed by atoms with Gasteiger partial charge in [-0.15, -0.1) is 13.2 Å². The predicted molar refractivity (Wildman–Crippen MR) is 77.0 cm³/mol. The lowest BCUT2D eigenvalue weighted by atomic mass is 10.1. The molecule has 3 atom stereocenters. The summed E-state index contributed by atoms with van der Waals surface area (Å²) in [5, 5.41) is 18.1. The minimum atomic E-state index is -5.01. The van der Waals surface area contributed by atoms with Crippen LogP contribution in [0.3, 0.4) is 0 Å². The Labute approximate surface area is 126 Å². The summed E-state index contributed by atoms with van der Waals surface area (Å²) in [5.41, 5.74) is 0. The SMILES string of the molecule is C=CC(N(C(CCO)C(=O)O)C(C=C)P(=O)(O)O)P(=O)(O)O. The van der Waals surface area contributed by atoms with Crippen LogP contribution in [0.25, 0.3) is 0 Å². The van der Waals surface area contributed by atoms with Crippen LogP contribution in [-0.4, -0.2) is 64.9 Å². The zero-order valence-electron chi connectivity index (χ0n) is 11.5. The second-order valence-corrected chi connectivity index (χ2v) is 7.70. The molecule has 0 aromatic carbocycles. The van der Waals surface area contributed by atoms with E-state index in [4.69, 9.17) is 10.2 Å². The number of aliphatic carboxylic acids is 1. The first kappa shape index (κ1) is 21.2. The summed E-state index contributed by atoms with van der Waals surface area (Å²) in [6.07, 6.45) is 0.879. The first-order valence-corrected chi connectivity index (χ1v) is 9.24. The summed E-state index contributed by atoms with van der Waals surface area (Å²) in [6, 6.07) is -1.77. The number of hydrogen-bond acceptors (Lipinski definition) is 5. The van der Waals surface area contributed by atoms with Crippen LogP contribution in [0.5, 0.6) is 0 Å². The monoisotopic (exact) mass is 359 g/mol. The molecule has 0 aliphatic rings. The fraction of sp³-hybridized carbons (Fsp3) is 0.500. The van der Waals surface area contributed by atoms with Gasteiger partial charge in [-0.3, -0.25) is 18.8 Å². The molecule has 10 nitrogen and oxygen atoms in total. The molecule has 6 N–H and O–H groups in total. The van der Waals surface area contributed by atoms with Crippen LogP contribution >= 0.6 is 15.2 Å². The van der Waals surface area contributed by atoms with E-state index in [1.165, 1.54) is 0 Å². The molecule has 0 rings (SSSR count). The molecule has 0 saturated carbocycles. The van der Waals surface area contributed by atoms with Gasteiger partial charge < -0.3 is 29.8 Å². The van der Waals surface area contributed by atoms with E-state index in [0.717, 1.165) is 0 Å². The molecule has 0 aliphatic carbocycles. The number of aliphatic hydroxyl groups is 1. The van der Waals surface area contributed by atoms with Crippen LogP contribution in [0, 0.1) is 0 Å². The summed E-state index contributed by atoms with van der Waals surface area (Å²) in [5.74, 6) is -5.57. The van der Waals surface area contributed by atoms with Crippen LogP contribution in [0.15, 0.2) is 25.3 Å². The quantitative estimate of drug-likeness (QED) is 0.220. The van der Waals surface area contributed by atoms with Crippen LogP contribution in [-0.2, 0) is 13.9 Å². The van der Waals surface area contributed by atoms with E-state index >= 15 is 0 Å². The van der Waals surface area contributed by atoms with Crippen molar-refractivity contribution in [1.82, 2.24) is 4.90 Å². The van der Waals surface area contributed by atoms with Crippen molar-refractivity contribution in [2.24, 2.45) is 0 Å². The molecule has 0 saturated heterocycles. The summed E-state index contributed by atoms with van der Waals surface area (Å²) in [7, 11) is -10.0. The Bertz CT molecular complexity index is 477. The first-order chi connectivity index (χ1) is 9.91. The van der Waals surface area contributed by atoms with Gasteiger partial charge in [-0.05, 0) is 6.42 Å². The van der Waals surface area contributed by atoms with Crippen molar-refractivity contribution < 1.29 is 43.7 Å². The largest absolute Gasteiger partial charge is 0.480 e. The molecule has 128 valence electrons. The topological polar surface area (TPSA) is 176 Å². The highest BCUT2D eigenvalue weighted by Crippen LogP contribution is 2.52. The minimum Gasteiger partial charge on any atom is -0.480 e. The van der Waals surface area contributed by atoms with E-state index in [1.54, 1.807) is 0 Å². The van der Waals surface area contributed by atoms with Gasteiger partial charge in [0.1, 0.15) is 17.6 Å². The Morgan fingerprint density at radius 2 is 1.41 bits per heavy atom. The Morgan fingerprint density at radius 1 is 1.05 bits per heavy atom. The van der Waals surface area contributed by atoms with Gasteiger partial charge in [-0.2, -0.15) is 0 Å². The number of nitrogens with zero attached hydrogens (tertiary/aromatic N) is 1. The van der Waals surface area contributed by atoms with Crippen LogP contribution in [0.2, 0.25) is 0 Å². The van der Waals surface area contributed by atoms with Crippen LogP contribution < -0.4 is 0 Å². The highest BCUT2D eigenvalue weighted by Gasteiger charge is 2.47. The number of carboxylic acids is 1. The van der Waals surface area contributed by atoms with Crippen molar-refractivity contribution in [2.45, 2.75) is 24.0 Å². The van der Waals surface area contributed by atoms with Gasteiger partial charge in [0.25, 0.3) is 0 Å². The molecule has 0 bridgehead atoms. The third-order valence-electron chi connectivity index (χ3n) is 2.77. The van der Waals surface area contributed by atoms with E-state index in [0.29, 0.717) is 17.1 Å². The Balaban J connectivity index is 6.22. The molecule has 0 fully saturated rings. The Hall–Kier alpha value is -0.830. The van der Waals surface area contributed by atoms with Gasteiger partial charge in [0.15, 0.2) is 0 Å². The van der Waals surface area contributed by atoms with Crippen molar-refractivity contribution >= 4 is 21.2 Å². The Kier molecular flexibility index (Phi) is 7.84. The molecular weight excluding hydrogens is 340 g/mol. The fourth-order valence-corrected chi connectivity index (χ4v) is 3.87. The summed E-state index contributed by atoms with van der Waals surface area (Å²) in [4.78, 5) is 49.0. The minimum absolute atomic E-state index is 0.417. The maximum absolute atomic E-state index is 11.5. The first-order valence-electron chi connectivity index (χ1n) is 5.88. The molecule has 12 heteroatoms. The highest BCUT2D eigenvalue weighted by molar-refractivity contribution is 7.53. The molecule has 0 amide bonds. The number of carbonyl (C=O) groups is 1. The van der Waals surface area contributed by atoms with E-state index in [9.17, 15) is 33.5 Å². The molecule has 0 radical (unpaired) electrons. The second kappa shape index (κ2) is 8.14. The average Bonchev–Trinajstić information content (AvgIpc) is 2.32. The number of rotatable bonds is 10. The maximum Gasteiger partial charge on any atom is 0.346 e.